The van der Waals surface area contributed by atoms with Gasteiger partial charge < -0.3 is 9.84 Å². The van der Waals surface area contributed by atoms with E-state index < -0.39 is 0 Å². The molecule has 0 aliphatic carbocycles. The zero-order valence-electron chi connectivity index (χ0n) is 12.0. The van der Waals surface area contributed by atoms with Crippen LogP contribution in [-0.2, 0) is 6.42 Å². The first-order chi connectivity index (χ1) is 10.8. The first-order valence-electron chi connectivity index (χ1n) is 7.51. The fraction of sp³-hybridized carbons (Fsp3) is 0.375. The van der Waals surface area contributed by atoms with E-state index in [0.29, 0.717) is 11.8 Å². The van der Waals surface area contributed by atoms with Gasteiger partial charge in [-0.25, -0.2) is 4.39 Å². The summed E-state index contributed by atoms with van der Waals surface area (Å²) < 4.78 is 19.6. The van der Waals surface area contributed by atoms with Crippen LogP contribution in [0.25, 0.3) is 20.9 Å². The van der Waals surface area contributed by atoms with Crippen LogP contribution in [0.2, 0.25) is 0 Å². The van der Waals surface area contributed by atoms with Crippen LogP contribution in [-0.4, -0.2) is 23.2 Å². The fourth-order valence-electron chi connectivity index (χ4n) is 2.89. The third-order valence-corrected chi connectivity index (χ3v) is 5.18. The third kappa shape index (κ3) is 2.76. The van der Waals surface area contributed by atoms with Crippen molar-refractivity contribution in [3.63, 3.8) is 0 Å². The van der Waals surface area contributed by atoms with Crippen molar-refractivity contribution >= 4 is 21.4 Å². The summed E-state index contributed by atoms with van der Waals surface area (Å²) in [5.74, 6) is 1.71. The molecule has 1 saturated heterocycles. The standard InChI is InChI=1S/C16H16FN3OS/c17-12-2-1-11-8-14(22-13(11)9-12)16-19-15(20-21-16)7-10-3-5-18-6-4-10/h1-2,8-10,18H,3-7H2. The quantitative estimate of drug-likeness (QED) is 0.801. The predicted octanol–water partition coefficient (Wildman–Crippen LogP) is 3.63. The average Bonchev–Trinajstić information content (AvgIpc) is 3.14. The van der Waals surface area contributed by atoms with E-state index in [-0.39, 0.29) is 5.82 Å². The normalized spacial score (nSPS) is 16.4. The topological polar surface area (TPSA) is 51.0 Å². The minimum Gasteiger partial charge on any atom is -0.333 e. The zero-order valence-corrected chi connectivity index (χ0v) is 12.8. The number of rotatable bonds is 3. The molecule has 0 unspecified atom stereocenters. The second-order valence-electron chi connectivity index (χ2n) is 5.71. The summed E-state index contributed by atoms with van der Waals surface area (Å²) in [6.07, 6.45) is 3.18. The Kier molecular flexibility index (Phi) is 3.63. The molecule has 0 spiro atoms. The predicted molar refractivity (Wildman–Crippen MR) is 84.4 cm³/mol. The van der Waals surface area contributed by atoms with Gasteiger partial charge in [-0.15, -0.1) is 11.3 Å². The average molecular weight is 317 g/mol. The molecule has 3 aromatic rings. The van der Waals surface area contributed by atoms with Crippen LogP contribution in [0.3, 0.4) is 0 Å². The lowest BCUT2D eigenvalue weighted by atomic mass is 9.94. The summed E-state index contributed by atoms with van der Waals surface area (Å²) in [6.45, 7) is 2.13. The van der Waals surface area contributed by atoms with Crippen LogP contribution in [0.1, 0.15) is 18.7 Å². The number of fused-ring (bicyclic) bond motifs is 1. The minimum atomic E-state index is -0.224. The van der Waals surface area contributed by atoms with E-state index in [0.717, 1.165) is 53.1 Å². The summed E-state index contributed by atoms with van der Waals surface area (Å²) in [5.41, 5.74) is 0. The van der Waals surface area contributed by atoms with Gasteiger partial charge in [0.05, 0.1) is 4.88 Å². The minimum absolute atomic E-state index is 0.224. The van der Waals surface area contributed by atoms with Gasteiger partial charge in [-0.1, -0.05) is 11.2 Å². The lowest BCUT2D eigenvalue weighted by molar-refractivity contribution is 0.356. The second kappa shape index (κ2) is 5.78. The second-order valence-corrected chi connectivity index (χ2v) is 6.79. The monoisotopic (exact) mass is 317 g/mol. The Morgan fingerprint density at radius 1 is 1.27 bits per heavy atom. The van der Waals surface area contributed by atoms with E-state index in [2.05, 4.69) is 15.5 Å². The first-order valence-corrected chi connectivity index (χ1v) is 8.32. The van der Waals surface area contributed by atoms with Crippen LogP contribution in [0.5, 0.6) is 0 Å². The molecule has 0 atom stereocenters. The van der Waals surface area contributed by atoms with E-state index in [1.54, 1.807) is 6.07 Å². The highest BCUT2D eigenvalue weighted by molar-refractivity contribution is 7.22. The van der Waals surface area contributed by atoms with E-state index >= 15 is 0 Å². The lowest BCUT2D eigenvalue weighted by Gasteiger charge is -2.20. The highest BCUT2D eigenvalue weighted by Crippen LogP contribution is 2.33. The van der Waals surface area contributed by atoms with Crippen LogP contribution < -0.4 is 5.32 Å². The Bertz CT molecular complexity index is 792. The summed E-state index contributed by atoms with van der Waals surface area (Å²) >= 11 is 1.48. The number of hydrogen-bond donors (Lipinski definition) is 1. The van der Waals surface area contributed by atoms with Gasteiger partial charge in [-0.3, -0.25) is 0 Å². The maximum Gasteiger partial charge on any atom is 0.268 e. The largest absolute Gasteiger partial charge is 0.333 e. The van der Waals surface area contributed by atoms with Crippen LogP contribution >= 0.6 is 11.3 Å². The van der Waals surface area contributed by atoms with Gasteiger partial charge in [0.2, 0.25) is 0 Å². The Hall–Kier alpha value is -1.79. The van der Waals surface area contributed by atoms with E-state index in [1.165, 1.54) is 23.5 Å². The van der Waals surface area contributed by atoms with E-state index in [4.69, 9.17) is 4.52 Å². The number of thiophene rings is 1. The lowest BCUT2D eigenvalue weighted by Crippen LogP contribution is -2.28. The van der Waals surface area contributed by atoms with Crippen LogP contribution in [0.15, 0.2) is 28.8 Å². The number of piperidine rings is 1. The maximum absolute atomic E-state index is 13.3. The molecule has 1 aliphatic rings. The number of nitrogens with zero attached hydrogens (tertiary/aromatic N) is 2. The van der Waals surface area contributed by atoms with Gasteiger partial charge in [0.1, 0.15) is 5.82 Å². The SMILES string of the molecule is Fc1ccc2cc(-c3nc(CC4CCNCC4)no3)sc2c1. The van der Waals surface area contributed by atoms with Crippen molar-refractivity contribution in [3.8, 4) is 10.8 Å². The number of halogens is 1. The van der Waals surface area contributed by atoms with Crippen molar-refractivity contribution < 1.29 is 8.91 Å². The van der Waals surface area contributed by atoms with Gasteiger partial charge >= 0.3 is 0 Å². The molecule has 1 N–H and O–H groups in total. The number of hydrogen-bond acceptors (Lipinski definition) is 5. The van der Waals surface area contributed by atoms with Gasteiger partial charge in [-0.05, 0) is 55.4 Å². The third-order valence-electron chi connectivity index (χ3n) is 4.09. The molecule has 1 fully saturated rings. The number of aromatic nitrogens is 2. The van der Waals surface area contributed by atoms with E-state index in [1.807, 2.05) is 6.07 Å². The molecule has 0 bridgehead atoms. The molecule has 0 amide bonds. The number of nitrogens with one attached hydrogen (secondary N) is 1. The molecule has 1 aliphatic heterocycles. The zero-order chi connectivity index (χ0) is 14.9. The van der Waals surface area contributed by atoms with Crippen LogP contribution in [0.4, 0.5) is 4.39 Å². The van der Waals surface area contributed by atoms with Crippen molar-refractivity contribution in [1.29, 1.82) is 0 Å². The molecule has 4 rings (SSSR count). The van der Waals surface area contributed by atoms with Crippen molar-refractivity contribution in [2.24, 2.45) is 5.92 Å². The molecule has 4 nitrogen and oxygen atoms in total. The smallest absolute Gasteiger partial charge is 0.268 e. The molecule has 6 heteroatoms. The molecule has 1 aromatic carbocycles. The molecule has 2 aromatic heterocycles. The maximum atomic E-state index is 13.3. The van der Waals surface area contributed by atoms with Gasteiger partial charge in [0, 0.05) is 11.1 Å². The van der Waals surface area contributed by atoms with Gasteiger partial charge in [0.25, 0.3) is 5.89 Å². The molecule has 114 valence electrons. The van der Waals surface area contributed by atoms with Crippen molar-refractivity contribution in [3.05, 3.63) is 35.9 Å². The first kappa shape index (κ1) is 13.8. The van der Waals surface area contributed by atoms with Gasteiger partial charge in [-0.2, -0.15) is 4.98 Å². The molecular weight excluding hydrogens is 301 g/mol. The summed E-state index contributed by atoms with van der Waals surface area (Å²) in [7, 11) is 0. The highest BCUT2D eigenvalue weighted by Gasteiger charge is 2.18. The molecule has 22 heavy (non-hydrogen) atoms. The van der Waals surface area contributed by atoms with Crippen molar-refractivity contribution in [2.45, 2.75) is 19.3 Å². The Balaban J connectivity index is 1.56. The Labute approximate surface area is 131 Å². The summed E-state index contributed by atoms with van der Waals surface area (Å²) in [4.78, 5) is 5.40. The Morgan fingerprint density at radius 3 is 3.00 bits per heavy atom. The van der Waals surface area contributed by atoms with E-state index in [9.17, 15) is 4.39 Å². The molecule has 0 radical (unpaired) electrons. The molecular formula is C16H16FN3OS. The summed E-state index contributed by atoms with van der Waals surface area (Å²) in [6, 6.07) is 6.75. The fourth-order valence-corrected chi connectivity index (χ4v) is 3.90. The van der Waals surface area contributed by atoms with Crippen LogP contribution in [0, 0.1) is 11.7 Å². The molecule has 3 heterocycles. The van der Waals surface area contributed by atoms with Crippen molar-refractivity contribution in [2.75, 3.05) is 13.1 Å². The van der Waals surface area contributed by atoms with Crippen molar-refractivity contribution in [1.82, 2.24) is 15.5 Å². The highest BCUT2D eigenvalue weighted by atomic mass is 32.1. The summed E-state index contributed by atoms with van der Waals surface area (Å²) in [5, 5.41) is 8.46. The Morgan fingerprint density at radius 2 is 2.14 bits per heavy atom. The van der Waals surface area contributed by atoms with Gasteiger partial charge in [0.15, 0.2) is 5.82 Å². The molecule has 0 saturated carbocycles. The number of benzene rings is 1.